The van der Waals surface area contributed by atoms with Crippen LogP contribution in [0, 0.1) is 0 Å². The Bertz CT molecular complexity index is 192. The molecule has 0 fully saturated rings. The molecule has 0 saturated heterocycles. The number of rotatable bonds is 9. The molecule has 102 valence electrons. The van der Waals surface area contributed by atoms with E-state index in [0.29, 0.717) is 0 Å². The van der Waals surface area contributed by atoms with Gasteiger partial charge < -0.3 is 40.2 Å². The summed E-state index contributed by atoms with van der Waals surface area (Å²) in [5.74, 6) is 0. The molecule has 0 amide bonds. The maximum absolute atomic E-state index is 9.32. The van der Waals surface area contributed by atoms with E-state index in [4.69, 9.17) is 25.4 Å². The van der Waals surface area contributed by atoms with Crippen LogP contribution in [-0.4, -0.2) is 80.5 Å². The molecular weight excluding hydrogens is 235 g/mol. The third kappa shape index (κ3) is 6.91. The molecule has 17 heavy (non-hydrogen) atoms. The zero-order chi connectivity index (χ0) is 13.4. The van der Waals surface area contributed by atoms with Gasteiger partial charge in [0.2, 0.25) is 0 Å². The van der Waals surface area contributed by atoms with E-state index in [0.717, 1.165) is 0 Å². The average Bonchev–Trinajstić information content (AvgIpc) is 2.31. The summed E-state index contributed by atoms with van der Waals surface area (Å²) in [6.07, 6.45) is -5.06. The second kappa shape index (κ2) is 8.78. The minimum Gasteiger partial charge on any atom is -0.402 e. The highest BCUT2D eigenvalue weighted by atomic mass is 16.6. The zero-order valence-electron chi connectivity index (χ0n) is 9.25. The fourth-order valence-corrected chi connectivity index (χ4v) is 1.27. The summed E-state index contributed by atoms with van der Waals surface area (Å²) in [5.41, 5.74) is 0. The van der Waals surface area contributed by atoms with Crippen LogP contribution in [0.3, 0.4) is 0 Å². The monoisotopic (exact) mass is 254 g/mol. The summed E-state index contributed by atoms with van der Waals surface area (Å²) in [7, 11) is -2.11. The van der Waals surface area contributed by atoms with Crippen LogP contribution in [0.4, 0.5) is 0 Å². The highest BCUT2D eigenvalue weighted by Gasteiger charge is 2.26. The van der Waals surface area contributed by atoms with Gasteiger partial charge in [-0.15, -0.1) is 0 Å². The van der Waals surface area contributed by atoms with Crippen LogP contribution in [0.5, 0.6) is 0 Å². The lowest BCUT2D eigenvalue weighted by molar-refractivity contribution is -0.0477. The molecule has 0 spiro atoms. The molecule has 4 atom stereocenters. The molecule has 0 aromatic rings. The van der Waals surface area contributed by atoms with Crippen LogP contribution in [0.15, 0.2) is 0 Å². The largest absolute Gasteiger partial charge is 0.634 e. The first-order valence-electron chi connectivity index (χ1n) is 5.19. The molecule has 0 bridgehead atoms. The predicted molar refractivity (Wildman–Crippen MR) is 56.5 cm³/mol. The Balaban J connectivity index is 4.15. The Kier molecular flexibility index (Phi) is 8.65. The molecule has 0 aliphatic heterocycles. The quantitative estimate of drug-likeness (QED) is 0.207. The van der Waals surface area contributed by atoms with Gasteiger partial charge in [0, 0.05) is 0 Å². The molecule has 7 N–H and O–H groups in total. The molecule has 0 aliphatic rings. The van der Waals surface area contributed by atoms with Crippen LogP contribution in [0.1, 0.15) is 12.8 Å². The Hall–Kier alpha value is -0.255. The Morgan fingerprint density at radius 2 is 1.35 bits per heavy atom. The van der Waals surface area contributed by atoms with Gasteiger partial charge in [-0.3, -0.25) is 0 Å². The van der Waals surface area contributed by atoms with Crippen molar-refractivity contribution in [3.63, 3.8) is 0 Å². The second-order valence-electron chi connectivity index (χ2n) is 3.65. The SMILES string of the molecule is OCC(O)C(O)CCC(OB(O)O)C(O)CO. The lowest BCUT2D eigenvalue weighted by atomic mass is 10.0. The summed E-state index contributed by atoms with van der Waals surface area (Å²) < 4.78 is 4.51. The molecule has 0 rings (SSSR count). The number of hydrogen-bond donors (Lipinski definition) is 7. The summed E-state index contributed by atoms with van der Waals surface area (Å²) in [4.78, 5) is 0. The Morgan fingerprint density at radius 1 is 0.824 bits per heavy atom. The smallest absolute Gasteiger partial charge is 0.402 e. The maximum atomic E-state index is 9.32. The summed E-state index contributed by atoms with van der Waals surface area (Å²) >= 11 is 0. The van der Waals surface area contributed by atoms with Crippen LogP contribution in [-0.2, 0) is 4.65 Å². The van der Waals surface area contributed by atoms with Gasteiger partial charge >= 0.3 is 7.32 Å². The van der Waals surface area contributed by atoms with Crippen molar-refractivity contribution >= 4 is 7.32 Å². The molecule has 0 radical (unpaired) electrons. The molecule has 0 heterocycles. The van der Waals surface area contributed by atoms with Gasteiger partial charge in [0.15, 0.2) is 0 Å². The molecule has 0 saturated carbocycles. The maximum Gasteiger partial charge on any atom is 0.634 e. The van der Waals surface area contributed by atoms with Crippen LogP contribution >= 0.6 is 0 Å². The van der Waals surface area contributed by atoms with Crippen LogP contribution in [0.2, 0.25) is 0 Å². The van der Waals surface area contributed by atoms with Gasteiger partial charge in [-0.05, 0) is 12.8 Å². The van der Waals surface area contributed by atoms with Gasteiger partial charge in [-0.2, -0.15) is 0 Å². The van der Waals surface area contributed by atoms with Gasteiger partial charge in [0.1, 0.15) is 12.2 Å². The van der Waals surface area contributed by atoms with E-state index in [1.54, 1.807) is 0 Å². The second-order valence-corrected chi connectivity index (χ2v) is 3.65. The Morgan fingerprint density at radius 3 is 1.76 bits per heavy atom. The first-order chi connectivity index (χ1) is 7.92. The van der Waals surface area contributed by atoms with Crippen molar-refractivity contribution in [3.05, 3.63) is 0 Å². The zero-order valence-corrected chi connectivity index (χ0v) is 9.25. The van der Waals surface area contributed by atoms with Crippen molar-refractivity contribution in [2.75, 3.05) is 13.2 Å². The van der Waals surface area contributed by atoms with Crippen molar-refractivity contribution in [2.24, 2.45) is 0 Å². The average molecular weight is 254 g/mol. The molecule has 9 heteroatoms. The predicted octanol–water partition coefficient (Wildman–Crippen LogP) is -3.81. The molecule has 0 aromatic heterocycles. The Labute approximate surface area is 98.9 Å². The van der Waals surface area contributed by atoms with Crippen LogP contribution < -0.4 is 0 Å². The van der Waals surface area contributed by atoms with E-state index >= 15 is 0 Å². The molecule has 4 unspecified atom stereocenters. The highest BCUT2D eigenvalue weighted by Crippen LogP contribution is 2.12. The van der Waals surface area contributed by atoms with E-state index in [-0.39, 0.29) is 12.8 Å². The van der Waals surface area contributed by atoms with E-state index in [1.165, 1.54) is 0 Å². The van der Waals surface area contributed by atoms with Gasteiger partial charge in [-0.1, -0.05) is 0 Å². The summed E-state index contributed by atoms with van der Waals surface area (Å²) in [6.45, 7) is -1.26. The van der Waals surface area contributed by atoms with E-state index < -0.39 is 45.0 Å². The van der Waals surface area contributed by atoms with Crippen LogP contribution in [0.25, 0.3) is 0 Å². The molecule has 0 aliphatic carbocycles. The van der Waals surface area contributed by atoms with E-state index in [1.807, 2.05) is 0 Å². The van der Waals surface area contributed by atoms with Crippen molar-refractivity contribution in [1.82, 2.24) is 0 Å². The lowest BCUT2D eigenvalue weighted by Gasteiger charge is -2.24. The minimum atomic E-state index is -2.11. The highest BCUT2D eigenvalue weighted by molar-refractivity contribution is 6.32. The first kappa shape index (κ1) is 16.7. The first-order valence-corrected chi connectivity index (χ1v) is 5.19. The van der Waals surface area contributed by atoms with Crippen molar-refractivity contribution < 1.29 is 40.2 Å². The van der Waals surface area contributed by atoms with Gasteiger partial charge in [0.25, 0.3) is 0 Å². The van der Waals surface area contributed by atoms with E-state index in [2.05, 4.69) is 4.65 Å². The number of aliphatic hydroxyl groups is 5. The van der Waals surface area contributed by atoms with Crippen molar-refractivity contribution in [3.8, 4) is 0 Å². The number of hydrogen-bond acceptors (Lipinski definition) is 8. The lowest BCUT2D eigenvalue weighted by Crippen LogP contribution is -2.39. The number of aliphatic hydroxyl groups excluding tert-OH is 5. The molecular formula is C8H19BO8. The normalized spacial score (nSPS) is 18.5. The van der Waals surface area contributed by atoms with Gasteiger partial charge in [0.05, 0.1) is 25.4 Å². The molecule has 0 aromatic carbocycles. The fraction of sp³-hybridized carbons (Fsp3) is 1.00. The third-order valence-electron chi connectivity index (χ3n) is 2.29. The standard InChI is InChI=1S/C8H19BO8/c10-3-6(13)5(12)1-2-8(7(14)4-11)17-9(15)16/h5-8,10-16H,1-4H2. The minimum absolute atomic E-state index is 0.0302. The topological polar surface area (TPSA) is 151 Å². The van der Waals surface area contributed by atoms with Crippen molar-refractivity contribution in [2.45, 2.75) is 37.3 Å². The third-order valence-corrected chi connectivity index (χ3v) is 2.29. The molecule has 8 nitrogen and oxygen atoms in total. The van der Waals surface area contributed by atoms with Gasteiger partial charge in [-0.25, -0.2) is 0 Å². The summed E-state index contributed by atoms with van der Waals surface area (Å²) in [5, 5.41) is 62.1. The fourth-order valence-electron chi connectivity index (χ4n) is 1.27. The van der Waals surface area contributed by atoms with Crippen molar-refractivity contribution in [1.29, 1.82) is 0 Å². The van der Waals surface area contributed by atoms with E-state index in [9.17, 15) is 10.2 Å². The summed E-state index contributed by atoms with van der Waals surface area (Å²) in [6, 6.07) is 0.